The first-order chi connectivity index (χ1) is 5.29. The molecule has 0 aromatic rings. The van der Waals surface area contributed by atoms with E-state index in [1.54, 1.807) is 0 Å². The lowest BCUT2D eigenvalue weighted by molar-refractivity contribution is 0.166. The zero-order valence-electron chi connectivity index (χ0n) is 6.97. The van der Waals surface area contributed by atoms with Crippen molar-refractivity contribution >= 4 is 0 Å². The summed E-state index contributed by atoms with van der Waals surface area (Å²) in [5.41, 5.74) is 2.40. The number of hydrogen-bond donors (Lipinski definition) is 0. The largest absolute Gasteiger partial charge is 0.377 e. The fourth-order valence-corrected chi connectivity index (χ4v) is 1.03. The van der Waals surface area contributed by atoms with Gasteiger partial charge in [-0.25, -0.2) is 0 Å². The summed E-state index contributed by atoms with van der Waals surface area (Å²) >= 11 is 0. The maximum absolute atomic E-state index is 5.29. The molecule has 0 aliphatic carbocycles. The molecule has 0 amide bonds. The number of rotatable bonds is 0. The molecule has 60 valence electrons. The molecule has 0 atom stereocenters. The van der Waals surface area contributed by atoms with Crippen LogP contribution in [0.15, 0.2) is 36.0 Å². The van der Waals surface area contributed by atoms with E-state index in [1.807, 2.05) is 6.08 Å². The normalized spacial score (nSPS) is 27.7. The molecule has 0 fully saturated rings. The molecule has 0 aromatic heterocycles. The predicted molar refractivity (Wildman–Crippen MR) is 47.5 cm³/mol. The van der Waals surface area contributed by atoms with E-state index in [1.165, 1.54) is 5.57 Å². The van der Waals surface area contributed by atoms with E-state index in [9.17, 15) is 0 Å². The van der Waals surface area contributed by atoms with Crippen LogP contribution in [-0.2, 0) is 4.74 Å². The van der Waals surface area contributed by atoms with Gasteiger partial charge in [-0.3, -0.25) is 0 Å². The highest BCUT2D eigenvalue weighted by Gasteiger charge is 1.93. The van der Waals surface area contributed by atoms with Crippen molar-refractivity contribution in [1.82, 2.24) is 0 Å². The van der Waals surface area contributed by atoms with Crippen LogP contribution in [-0.4, -0.2) is 13.2 Å². The molecule has 1 heterocycles. The van der Waals surface area contributed by atoms with Crippen molar-refractivity contribution < 1.29 is 4.74 Å². The second kappa shape index (κ2) is 4.14. The SMILES string of the molecule is C=C1/C=C(C)\C=C/COCC1. The first kappa shape index (κ1) is 8.28. The Bertz CT molecular complexity index is 199. The molecule has 0 saturated heterocycles. The van der Waals surface area contributed by atoms with Gasteiger partial charge in [0.05, 0.1) is 13.2 Å². The molecule has 1 rings (SSSR count). The summed E-state index contributed by atoms with van der Waals surface area (Å²) in [6, 6.07) is 0. The van der Waals surface area contributed by atoms with Gasteiger partial charge in [0.2, 0.25) is 0 Å². The van der Waals surface area contributed by atoms with Gasteiger partial charge in [0, 0.05) is 0 Å². The summed E-state index contributed by atoms with van der Waals surface area (Å²) in [5.74, 6) is 0. The molecular formula is C10H14O. The molecule has 0 aromatic carbocycles. The predicted octanol–water partition coefficient (Wildman–Crippen LogP) is 2.47. The van der Waals surface area contributed by atoms with Crippen LogP contribution >= 0.6 is 0 Å². The van der Waals surface area contributed by atoms with Gasteiger partial charge >= 0.3 is 0 Å². The highest BCUT2D eigenvalue weighted by Crippen LogP contribution is 2.07. The number of hydrogen-bond acceptors (Lipinski definition) is 1. The zero-order chi connectivity index (χ0) is 8.10. The summed E-state index contributed by atoms with van der Waals surface area (Å²) in [7, 11) is 0. The summed E-state index contributed by atoms with van der Waals surface area (Å²) in [5, 5.41) is 0. The number of ether oxygens (including phenoxy) is 1. The van der Waals surface area contributed by atoms with Crippen molar-refractivity contribution in [3.8, 4) is 0 Å². The Labute approximate surface area is 68.1 Å². The maximum Gasteiger partial charge on any atom is 0.0650 e. The highest BCUT2D eigenvalue weighted by atomic mass is 16.5. The van der Waals surface area contributed by atoms with Crippen LogP contribution in [0.1, 0.15) is 13.3 Å². The summed E-state index contributed by atoms with van der Waals surface area (Å²) in [6.45, 7) is 7.50. The molecule has 0 unspecified atom stereocenters. The van der Waals surface area contributed by atoms with Gasteiger partial charge in [-0.05, 0) is 13.3 Å². The fourth-order valence-electron chi connectivity index (χ4n) is 1.03. The van der Waals surface area contributed by atoms with Crippen LogP contribution in [0.5, 0.6) is 0 Å². The standard InChI is InChI=1S/C10H14O/c1-9-4-3-6-11-7-5-10(2)8-9/h3-4,8H,2,5-7H2,1H3/b4-3-,9-8-. The van der Waals surface area contributed by atoms with Gasteiger partial charge in [0.15, 0.2) is 0 Å². The van der Waals surface area contributed by atoms with Gasteiger partial charge in [-0.2, -0.15) is 0 Å². The molecule has 0 bridgehead atoms. The van der Waals surface area contributed by atoms with E-state index >= 15 is 0 Å². The van der Waals surface area contributed by atoms with Crippen LogP contribution in [0.2, 0.25) is 0 Å². The molecular weight excluding hydrogens is 136 g/mol. The first-order valence-electron chi connectivity index (χ1n) is 3.89. The molecule has 0 N–H and O–H groups in total. The van der Waals surface area contributed by atoms with Crippen molar-refractivity contribution in [3.05, 3.63) is 36.0 Å². The lowest BCUT2D eigenvalue weighted by Gasteiger charge is -1.98. The zero-order valence-corrected chi connectivity index (χ0v) is 6.97. The maximum atomic E-state index is 5.29. The highest BCUT2D eigenvalue weighted by molar-refractivity contribution is 5.27. The van der Waals surface area contributed by atoms with Crippen LogP contribution in [0.25, 0.3) is 0 Å². The average molecular weight is 150 g/mol. The van der Waals surface area contributed by atoms with Gasteiger partial charge in [0.1, 0.15) is 0 Å². The van der Waals surface area contributed by atoms with Gasteiger partial charge in [-0.15, -0.1) is 0 Å². The molecule has 0 spiro atoms. The second-order valence-corrected chi connectivity index (χ2v) is 2.77. The monoisotopic (exact) mass is 150 g/mol. The third-order valence-corrected chi connectivity index (χ3v) is 1.59. The van der Waals surface area contributed by atoms with Crippen molar-refractivity contribution in [2.75, 3.05) is 13.2 Å². The van der Waals surface area contributed by atoms with Gasteiger partial charge in [-0.1, -0.05) is 36.0 Å². The smallest absolute Gasteiger partial charge is 0.0650 e. The Morgan fingerprint density at radius 3 is 3.18 bits per heavy atom. The third kappa shape index (κ3) is 3.19. The molecule has 1 aliphatic rings. The minimum Gasteiger partial charge on any atom is -0.377 e. The van der Waals surface area contributed by atoms with Gasteiger partial charge < -0.3 is 4.74 Å². The van der Waals surface area contributed by atoms with Crippen molar-refractivity contribution in [1.29, 1.82) is 0 Å². The second-order valence-electron chi connectivity index (χ2n) is 2.77. The first-order valence-corrected chi connectivity index (χ1v) is 3.89. The van der Waals surface area contributed by atoms with Crippen LogP contribution in [0, 0.1) is 0 Å². The molecule has 1 heteroatoms. The molecule has 0 radical (unpaired) electrons. The van der Waals surface area contributed by atoms with Crippen molar-refractivity contribution in [2.45, 2.75) is 13.3 Å². The van der Waals surface area contributed by atoms with Crippen LogP contribution < -0.4 is 0 Å². The van der Waals surface area contributed by atoms with E-state index in [0.717, 1.165) is 25.2 Å². The van der Waals surface area contributed by atoms with Crippen molar-refractivity contribution in [3.63, 3.8) is 0 Å². The Morgan fingerprint density at radius 1 is 1.55 bits per heavy atom. The Kier molecular flexibility index (Phi) is 3.12. The van der Waals surface area contributed by atoms with Crippen molar-refractivity contribution in [2.24, 2.45) is 0 Å². The van der Waals surface area contributed by atoms with E-state index in [-0.39, 0.29) is 0 Å². The third-order valence-electron chi connectivity index (χ3n) is 1.59. The quantitative estimate of drug-likeness (QED) is 0.515. The minimum atomic E-state index is 0.721. The molecule has 11 heavy (non-hydrogen) atoms. The van der Waals surface area contributed by atoms with E-state index in [4.69, 9.17) is 4.74 Å². The Hall–Kier alpha value is -0.820. The van der Waals surface area contributed by atoms with E-state index in [2.05, 4.69) is 25.7 Å². The molecule has 0 saturated carbocycles. The Morgan fingerprint density at radius 2 is 2.36 bits per heavy atom. The fraction of sp³-hybridized carbons (Fsp3) is 0.400. The Balaban J connectivity index is 2.64. The average Bonchev–Trinajstić information content (AvgIpc) is 2.02. The summed E-state index contributed by atoms with van der Waals surface area (Å²) in [6.07, 6.45) is 7.14. The summed E-state index contributed by atoms with van der Waals surface area (Å²) < 4.78 is 5.29. The van der Waals surface area contributed by atoms with Crippen LogP contribution in [0.3, 0.4) is 0 Å². The lowest BCUT2D eigenvalue weighted by atomic mass is 10.1. The lowest BCUT2D eigenvalue weighted by Crippen LogP contribution is -1.93. The topological polar surface area (TPSA) is 9.23 Å². The van der Waals surface area contributed by atoms with E-state index < -0.39 is 0 Å². The molecule has 1 aliphatic heterocycles. The number of allylic oxidation sites excluding steroid dienone is 3. The minimum absolute atomic E-state index is 0.721. The molecule has 1 nitrogen and oxygen atoms in total. The van der Waals surface area contributed by atoms with Gasteiger partial charge in [0.25, 0.3) is 0 Å². The summed E-state index contributed by atoms with van der Waals surface area (Å²) in [4.78, 5) is 0. The van der Waals surface area contributed by atoms with Crippen LogP contribution in [0.4, 0.5) is 0 Å². The van der Waals surface area contributed by atoms with E-state index in [0.29, 0.717) is 0 Å².